The Balaban J connectivity index is 1.66. The van der Waals surface area contributed by atoms with E-state index in [4.69, 9.17) is 11.6 Å². The molecule has 0 fully saturated rings. The quantitative estimate of drug-likeness (QED) is 0.444. The van der Waals surface area contributed by atoms with Gasteiger partial charge in [-0.1, -0.05) is 23.7 Å². The van der Waals surface area contributed by atoms with Crippen LogP contribution in [0.25, 0.3) is 15.9 Å². The Morgan fingerprint density at radius 2 is 1.90 bits per heavy atom. The Morgan fingerprint density at radius 1 is 1.13 bits per heavy atom. The van der Waals surface area contributed by atoms with Crippen molar-refractivity contribution >= 4 is 56.3 Å². The summed E-state index contributed by atoms with van der Waals surface area (Å²) in [6.07, 6.45) is 0. The molecule has 0 aliphatic heterocycles. The molecule has 2 aromatic carbocycles. The molecule has 0 unspecified atom stereocenters. The zero-order valence-corrected chi connectivity index (χ0v) is 17.6. The highest BCUT2D eigenvalue weighted by atomic mass is 35.5. The first kappa shape index (κ1) is 20.1. The first-order valence-electron chi connectivity index (χ1n) is 8.96. The van der Waals surface area contributed by atoms with Gasteiger partial charge in [0.05, 0.1) is 27.0 Å². The van der Waals surface area contributed by atoms with Gasteiger partial charge in [-0.05, 0) is 43.3 Å². The van der Waals surface area contributed by atoms with Crippen molar-refractivity contribution in [2.75, 3.05) is 10.6 Å². The van der Waals surface area contributed by atoms with Crippen LogP contribution in [0, 0.1) is 12.7 Å². The van der Waals surface area contributed by atoms with Crippen LogP contribution < -0.4 is 10.6 Å². The van der Waals surface area contributed by atoms with Crippen LogP contribution in [0.3, 0.4) is 0 Å². The average Bonchev–Trinajstić information content (AvgIpc) is 3.25. The van der Waals surface area contributed by atoms with Crippen molar-refractivity contribution in [3.8, 4) is 5.69 Å². The molecule has 0 atom stereocenters. The molecule has 152 valence electrons. The van der Waals surface area contributed by atoms with Gasteiger partial charge in [0.25, 0.3) is 5.91 Å². The molecule has 6 nitrogen and oxygen atoms in total. The molecule has 2 heterocycles. The molecular weight excluding hydrogens is 427 g/mol. The number of benzene rings is 2. The van der Waals surface area contributed by atoms with E-state index in [1.165, 1.54) is 36.5 Å². The number of aromatic nitrogens is 2. The summed E-state index contributed by atoms with van der Waals surface area (Å²) in [5, 5.41) is 11.1. The fourth-order valence-corrected chi connectivity index (χ4v) is 4.31. The van der Waals surface area contributed by atoms with Crippen LogP contribution in [-0.4, -0.2) is 21.6 Å². The lowest BCUT2D eigenvalue weighted by atomic mass is 10.2. The predicted octanol–water partition coefficient (Wildman–Crippen LogP) is 5.40. The van der Waals surface area contributed by atoms with Gasteiger partial charge in [-0.2, -0.15) is 5.10 Å². The number of nitrogens with one attached hydrogen (secondary N) is 2. The van der Waals surface area contributed by atoms with Crippen molar-refractivity contribution in [3.05, 3.63) is 69.9 Å². The van der Waals surface area contributed by atoms with Gasteiger partial charge in [0.1, 0.15) is 10.6 Å². The summed E-state index contributed by atoms with van der Waals surface area (Å²) in [7, 11) is 0. The minimum absolute atomic E-state index is 0.00171. The van der Waals surface area contributed by atoms with E-state index in [1.54, 1.807) is 16.8 Å². The normalized spacial score (nSPS) is 10.9. The Morgan fingerprint density at radius 3 is 2.63 bits per heavy atom. The number of para-hydroxylation sites is 1. The number of hydrogen-bond donors (Lipinski definition) is 2. The molecule has 0 aliphatic carbocycles. The number of nitrogens with zero attached hydrogens (tertiary/aromatic N) is 2. The minimum atomic E-state index is -0.583. The lowest BCUT2D eigenvalue weighted by Crippen LogP contribution is -2.12. The Bertz CT molecular complexity index is 1300. The largest absolute Gasteiger partial charge is 0.324 e. The molecule has 0 bridgehead atoms. The monoisotopic (exact) mass is 442 g/mol. The molecule has 0 radical (unpaired) electrons. The lowest BCUT2D eigenvalue weighted by Gasteiger charge is -2.08. The van der Waals surface area contributed by atoms with E-state index in [0.717, 1.165) is 21.6 Å². The lowest BCUT2D eigenvalue weighted by molar-refractivity contribution is -0.114. The van der Waals surface area contributed by atoms with Crippen LogP contribution in [0.2, 0.25) is 5.02 Å². The minimum Gasteiger partial charge on any atom is -0.324 e. The van der Waals surface area contributed by atoms with Crippen molar-refractivity contribution in [1.82, 2.24) is 9.78 Å². The van der Waals surface area contributed by atoms with Crippen LogP contribution >= 0.6 is 22.9 Å². The number of fused-ring (bicyclic) bond motifs is 1. The second-order valence-corrected chi connectivity index (χ2v) is 8.05. The zero-order valence-electron chi connectivity index (χ0n) is 16.0. The molecule has 0 saturated heterocycles. The van der Waals surface area contributed by atoms with E-state index in [0.29, 0.717) is 15.6 Å². The second kappa shape index (κ2) is 7.89. The van der Waals surface area contributed by atoms with Crippen molar-refractivity contribution in [2.24, 2.45) is 0 Å². The summed E-state index contributed by atoms with van der Waals surface area (Å²) in [6.45, 7) is 3.15. The van der Waals surface area contributed by atoms with Crippen LogP contribution in [0.5, 0.6) is 0 Å². The van der Waals surface area contributed by atoms with E-state index in [2.05, 4.69) is 15.7 Å². The molecule has 2 aromatic heterocycles. The Hall–Kier alpha value is -3.23. The Kier molecular flexibility index (Phi) is 5.27. The van der Waals surface area contributed by atoms with Gasteiger partial charge in [-0.25, -0.2) is 9.07 Å². The van der Waals surface area contributed by atoms with Gasteiger partial charge in [0.15, 0.2) is 0 Å². The first-order chi connectivity index (χ1) is 14.3. The van der Waals surface area contributed by atoms with Crippen LogP contribution in [0.4, 0.5) is 15.8 Å². The summed E-state index contributed by atoms with van der Waals surface area (Å²) in [5.74, 6) is -1.33. The maximum absolute atomic E-state index is 13.8. The number of anilines is 2. The number of thiophene rings is 1. The highest BCUT2D eigenvalue weighted by molar-refractivity contribution is 7.20. The summed E-state index contributed by atoms with van der Waals surface area (Å²) in [4.78, 5) is 25.3. The molecule has 0 saturated carbocycles. The van der Waals surface area contributed by atoms with E-state index in [1.807, 2.05) is 25.1 Å². The summed E-state index contributed by atoms with van der Waals surface area (Å²) >= 11 is 7.59. The molecule has 0 aliphatic rings. The van der Waals surface area contributed by atoms with Crippen molar-refractivity contribution in [1.29, 1.82) is 0 Å². The van der Waals surface area contributed by atoms with Gasteiger partial charge in [0.2, 0.25) is 5.91 Å². The Labute approximate surface area is 180 Å². The molecule has 2 N–H and O–H groups in total. The van der Waals surface area contributed by atoms with E-state index in [9.17, 15) is 14.0 Å². The summed E-state index contributed by atoms with van der Waals surface area (Å²) < 4.78 is 15.5. The van der Waals surface area contributed by atoms with Gasteiger partial charge in [-0.15, -0.1) is 11.3 Å². The van der Waals surface area contributed by atoms with Gasteiger partial charge < -0.3 is 10.6 Å². The third-order valence-corrected chi connectivity index (χ3v) is 5.81. The van der Waals surface area contributed by atoms with E-state index >= 15 is 0 Å². The number of aryl methyl sites for hydroxylation is 1. The summed E-state index contributed by atoms with van der Waals surface area (Å²) in [6, 6.07) is 13.1. The maximum Gasteiger partial charge on any atom is 0.265 e. The van der Waals surface area contributed by atoms with Crippen molar-refractivity contribution in [2.45, 2.75) is 13.8 Å². The van der Waals surface area contributed by atoms with Crippen molar-refractivity contribution < 1.29 is 14.0 Å². The fourth-order valence-electron chi connectivity index (χ4n) is 3.03. The van der Waals surface area contributed by atoms with Crippen molar-refractivity contribution in [3.63, 3.8) is 0 Å². The third-order valence-electron chi connectivity index (χ3n) is 4.38. The number of halogens is 2. The standard InChI is InChI=1S/C21H16ClFN4O2S/c1-11-14-10-19(30-21(14)27(26-11)18-6-4-3-5-15(18)22)20(29)25-13-7-8-16(23)17(9-13)24-12(2)28/h3-10H,1-2H3,(H,24,28)(H,25,29). The molecule has 4 aromatic rings. The number of amides is 2. The maximum atomic E-state index is 13.8. The van der Waals surface area contributed by atoms with E-state index in [-0.39, 0.29) is 11.6 Å². The van der Waals surface area contributed by atoms with Gasteiger partial charge in [0, 0.05) is 18.0 Å². The number of rotatable bonds is 4. The second-order valence-electron chi connectivity index (χ2n) is 6.61. The highest BCUT2D eigenvalue weighted by Gasteiger charge is 2.18. The number of hydrogen-bond acceptors (Lipinski definition) is 4. The zero-order chi connectivity index (χ0) is 21.4. The van der Waals surface area contributed by atoms with E-state index < -0.39 is 11.7 Å². The third kappa shape index (κ3) is 3.79. The van der Waals surface area contributed by atoms with Crippen LogP contribution in [0.1, 0.15) is 22.3 Å². The van der Waals surface area contributed by atoms with Crippen LogP contribution in [-0.2, 0) is 4.79 Å². The van der Waals surface area contributed by atoms with Gasteiger partial charge >= 0.3 is 0 Å². The molecule has 9 heteroatoms. The number of carbonyl (C=O) groups excluding carboxylic acids is 2. The predicted molar refractivity (Wildman–Crippen MR) is 117 cm³/mol. The smallest absolute Gasteiger partial charge is 0.265 e. The molecule has 2 amide bonds. The SMILES string of the molecule is CC(=O)Nc1cc(NC(=O)c2cc3c(C)nn(-c4ccccc4Cl)c3s2)ccc1F. The first-order valence-corrected chi connectivity index (χ1v) is 10.2. The van der Waals surface area contributed by atoms with Crippen LogP contribution in [0.15, 0.2) is 48.5 Å². The fraction of sp³-hybridized carbons (Fsp3) is 0.0952. The number of carbonyl (C=O) groups is 2. The molecule has 4 rings (SSSR count). The highest BCUT2D eigenvalue weighted by Crippen LogP contribution is 2.33. The van der Waals surface area contributed by atoms with Gasteiger partial charge in [-0.3, -0.25) is 9.59 Å². The summed E-state index contributed by atoms with van der Waals surface area (Å²) in [5.41, 5.74) is 1.87. The molecule has 0 spiro atoms. The molecule has 30 heavy (non-hydrogen) atoms. The topological polar surface area (TPSA) is 76.0 Å². The molecular formula is C21H16ClFN4O2S. The average molecular weight is 443 g/mol.